The minimum atomic E-state index is -0.323. The number of benzene rings is 1. The molecule has 0 aliphatic carbocycles. The summed E-state index contributed by atoms with van der Waals surface area (Å²) >= 11 is 10.6. The lowest BCUT2D eigenvalue weighted by Gasteiger charge is -2.06. The van der Waals surface area contributed by atoms with Crippen molar-refractivity contribution >= 4 is 52.0 Å². The van der Waals surface area contributed by atoms with Crippen LogP contribution in [-0.4, -0.2) is 31.5 Å². The van der Waals surface area contributed by atoms with Crippen LogP contribution < -0.4 is 0 Å². The maximum atomic E-state index is 12.2. The third-order valence-electron chi connectivity index (χ3n) is 4.13. The highest BCUT2D eigenvalue weighted by Gasteiger charge is 2.16. The van der Waals surface area contributed by atoms with Crippen molar-refractivity contribution in [1.82, 2.24) is 19.7 Å². The summed E-state index contributed by atoms with van der Waals surface area (Å²) in [5.41, 5.74) is 1.57. The predicted molar refractivity (Wildman–Crippen MR) is 122 cm³/mol. The van der Waals surface area contributed by atoms with Crippen molar-refractivity contribution < 1.29 is 9.53 Å². The molecule has 4 aromatic rings. The van der Waals surface area contributed by atoms with Gasteiger partial charge in [0.15, 0.2) is 11.0 Å². The van der Waals surface area contributed by atoms with Gasteiger partial charge in [0.25, 0.3) is 0 Å². The first kappa shape index (κ1) is 21.0. The van der Waals surface area contributed by atoms with Gasteiger partial charge in [-0.3, -0.25) is 4.79 Å². The van der Waals surface area contributed by atoms with Crippen molar-refractivity contribution in [3.8, 4) is 21.3 Å². The Balaban J connectivity index is 1.33. The molecule has 10 heteroatoms. The van der Waals surface area contributed by atoms with Gasteiger partial charge in [0, 0.05) is 17.5 Å². The van der Waals surface area contributed by atoms with Crippen molar-refractivity contribution in [3.05, 3.63) is 57.9 Å². The summed E-state index contributed by atoms with van der Waals surface area (Å²) < 4.78 is 7.38. The van der Waals surface area contributed by atoms with Crippen LogP contribution in [0.3, 0.4) is 0 Å². The van der Waals surface area contributed by atoms with E-state index in [4.69, 9.17) is 16.3 Å². The summed E-state index contributed by atoms with van der Waals surface area (Å²) in [5.74, 6) is 0.651. The summed E-state index contributed by atoms with van der Waals surface area (Å²) in [7, 11) is 0. The molecule has 6 nitrogen and oxygen atoms in total. The van der Waals surface area contributed by atoms with E-state index in [1.807, 2.05) is 58.6 Å². The van der Waals surface area contributed by atoms with Gasteiger partial charge < -0.3 is 9.30 Å². The first-order valence-electron chi connectivity index (χ1n) is 9.10. The van der Waals surface area contributed by atoms with E-state index in [9.17, 15) is 4.79 Å². The Kier molecular flexibility index (Phi) is 6.83. The standard InChI is InChI=1S/C20H17ClN4O2S3/c1-2-25-18(16-8-5-9-28-16)23-24-20(25)30-12-17(26)27-10-13-11-29-19(22-13)14-6-3-4-7-15(14)21/h3-9,11H,2,10,12H2,1H3. The molecule has 0 amide bonds. The molecule has 0 fully saturated rings. The number of esters is 1. The van der Waals surface area contributed by atoms with Crippen molar-refractivity contribution in [2.75, 3.05) is 5.75 Å². The van der Waals surface area contributed by atoms with E-state index in [0.29, 0.717) is 15.9 Å². The number of thiophene rings is 1. The van der Waals surface area contributed by atoms with Gasteiger partial charge in [-0.05, 0) is 24.4 Å². The Morgan fingerprint density at radius 2 is 2.07 bits per heavy atom. The quantitative estimate of drug-likeness (QED) is 0.242. The first-order valence-corrected chi connectivity index (χ1v) is 12.2. The number of carbonyl (C=O) groups excluding carboxylic acids is 1. The molecular weight excluding hydrogens is 460 g/mol. The van der Waals surface area contributed by atoms with Gasteiger partial charge in [-0.25, -0.2) is 4.98 Å². The molecule has 30 heavy (non-hydrogen) atoms. The normalized spacial score (nSPS) is 11.0. The maximum absolute atomic E-state index is 12.2. The Morgan fingerprint density at radius 1 is 1.20 bits per heavy atom. The summed E-state index contributed by atoms with van der Waals surface area (Å²) in [5, 5.41) is 14.5. The second-order valence-electron chi connectivity index (χ2n) is 6.10. The van der Waals surface area contributed by atoms with Crippen LogP contribution in [0.15, 0.2) is 52.3 Å². The van der Waals surface area contributed by atoms with Crippen LogP contribution in [0.5, 0.6) is 0 Å². The lowest BCUT2D eigenvalue weighted by Crippen LogP contribution is -2.08. The molecule has 0 bridgehead atoms. The van der Waals surface area contributed by atoms with Crippen molar-refractivity contribution in [1.29, 1.82) is 0 Å². The fourth-order valence-electron chi connectivity index (χ4n) is 2.72. The number of thioether (sulfide) groups is 1. The maximum Gasteiger partial charge on any atom is 0.316 e. The Bertz CT molecular complexity index is 1140. The number of hydrogen-bond donors (Lipinski definition) is 0. The monoisotopic (exact) mass is 476 g/mol. The number of rotatable bonds is 8. The van der Waals surface area contributed by atoms with Crippen LogP contribution in [0.2, 0.25) is 5.02 Å². The molecule has 0 unspecified atom stereocenters. The zero-order valence-electron chi connectivity index (χ0n) is 15.9. The van der Waals surface area contributed by atoms with Gasteiger partial charge in [-0.2, -0.15) is 0 Å². The number of aromatic nitrogens is 4. The largest absolute Gasteiger partial charge is 0.459 e. The molecule has 0 aliphatic rings. The van der Waals surface area contributed by atoms with Gasteiger partial charge in [0.1, 0.15) is 11.6 Å². The zero-order chi connectivity index (χ0) is 20.9. The van der Waals surface area contributed by atoms with E-state index in [2.05, 4.69) is 15.2 Å². The van der Waals surface area contributed by atoms with Crippen LogP contribution in [-0.2, 0) is 22.7 Å². The average molecular weight is 477 g/mol. The van der Waals surface area contributed by atoms with Gasteiger partial charge >= 0.3 is 5.97 Å². The van der Waals surface area contributed by atoms with Crippen LogP contribution in [0, 0.1) is 0 Å². The van der Waals surface area contributed by atoms with Crippen LogP contribution in [0.25, 0.3) is 21.3 Å². The first-order chi connectivity index (χ1) is 14.7. The third kappa shape index (κ3) is 4.75. The van der Waals surface area contributed by atoms with E-state index in [-0.39, 0.29) is 18.3 Å². The van der Waals surface area contributed by atoms with E-state index in [1.54, 1.807) is 11.3 Å². The van der Waals surface area contributed by atoms with E-state index < -0.39 is 0 Å². The highest BCUT2D eigenvalue weighted by molar-refractivity contribution is 7.99. The van der Waals surface area contributed by atoms with Crippen molar-refractivity contribution in [2.24, 2.45) is 0 Å². The number of nitrogens with zero attached hydrogens (tertiary/aromatic N) is 4. The van der Waals surface area contributed by atoms with Crippen LogP contribution in [0.1, 0.15) is 12.6 Å². The van der Waals surface area contributed by atoms with E-state index >= 15 is 0 Å². The summed E-state index contributed by atoms with van der Waals surface area (Å²) in [6, 6.07) is 11.5. The van der Waals surface area contributed by atoms with E-state index in [1.165, 1.54) is 23.1 Å². The van der Waals surface area contributed by atoms with Gasteiger partial charge in [-0.1, -0.05) is 47.6 Å². The second-order valence-corrected chi connectivity index (χ2v) is 9.26. The second kappa shape index (κ2) is 9.74. The number of hydrogen-bond acceptors (Lipinski definition) is 8. The summed E-state index contributed by atoms with van der Waals surface area (Å²) in [6.07, 6.45) is 0. The lowest BCUT2D eigenvalue weighted by molar-refractivity contribution is -0.141. The fraction of sp³-hybridized carbons (Fsp3) is 0.200. The number of thiazole rings is 1. The van der Waals surface area contributed by atoms with Gasteiger partial charge in [0.2, 0.25) is 0 Å². The fourth-order valence-corrected chi connectivity index (χ4v) is 5.36. The Morgan fingerprint density at radius 3 is 2.83 bits per heavy atom. The lowest BCUT2D eigenvalue weighted by atomic mass is 10.2. The molecule has 4 rings (SSSR count). The third-order valence-corrected chi connectivity index (χ3v) is 7.19. The highest BCUT2D eigenvalue weighted by atomic mass is 35.5. The highest BCUT2D eigenvalue weighted by Crippen LogP contribution is 2.30. The topological polar surface area (TPSA) is 69.9 Å². The molecule has 0 spiro atoms. The van der Waals surface area contributed by atoms with E-state index in [0.717, 1.165) is 27.8 Å². The molecule has 0 radical (unpaired) electrons. The van der Waals surface area contributed by atoms with Crippen LogP contribution in [0.4, 0.5) is 0 Å². The van der Waals surface area contributed by atoms with Crippen molar-refractivity contribution in [2.45, 2.75) is 25.2 Å². The average Bonchev–Trinajstić information content (AvgIpc) is 3.51. The molecule has 0 aliphatic heterocycles. The molecule has 1 aromatic carbocycles. The van der Waals surface area contributed by atoms with Gasteiger partial charge in [-0.15, -0.1) is 32.9 Å². The van der Waals surface area contributed by atoms with Crippen LogP contribution >= 0.6 is 46.0 Å². The summed E-state index contributed by atoms with van der Waals surface area (Å²) in [6.45, 7) is 2.88. The predicted octanol–water partition coefficient (Wildman–Crippen LogP) is 5.64. The molecule has 3 aromatic heterocycles. The van der Waals surface area contributed by atoms with Crippen molar-refractivity contribution in [3.63, 3.8) is 0 Å². The molecule has 0 atom stereocenters. The number of carbonyl (C=O) groups is 1. The molecule has 154 valence electrons. The van der Waals surface area contributed by atoms with Gasteiger partial charge in [0.05, 0.1) is 21.3 Å². The smallest absolute Gasteiger partial charge is 0.316 e. The minimum Gasteiger partial charge on any atom is -0.459 e. The summed E-state index contributed by atoms with van der Waals surface area (Å²) in [4.78, 5) is 17.8. The molecule has 0 saturated heterocycles. The number of ether oxygens (including phenoxy) is 1. The molecule has 0 N–H and O–H groups in total. The Hall–Kier alpha value is -2.20. The molecular formula is C20H17ClN4O2S3. The molecule has 3 heterocycles. The Labute approximate surface area is 190 Å². The SMILES string of the molecule is CCn1c(SCC(=O)OCc2csc(-c3ccccc3Cl)n2)nnc1-c1cccs1. The zero-order valence-corrected chi connectivity index (χ0v) is 19.2. The minimum absolute atomic E-state index is 0.126. The number of halogens is 1. The molecule has 0 saturated carbocycles.